The Kier molecular flexibility index (Phi) is 4.65. The molecule has 0 fully saturated rings. The number of aryl methyl sites for hydroxylation is 1. The van der Waals surface area contributed by atoms with Gasteiger partial charge in [-0.3, -0.25) is 9.36 Å². The summed E-state index contributed by atoms with van der Waals surface area (Å²) in [6, 6.07) is 15.2. The molecule has 0 unspecified atom stereocenters. The van der Waals surface area contributed by atoms with Gasteiger partial charge in [0.05, 0.1) is 18.3 Å². The van der Waals surface area contributed by atoms with Crippen molar-refractivity contribution in [3.63, 3.8) is 0 Å². The Bertz CT molecular complexity index is 1340. The number of halogens is 1. The van der Waals surface area contributed by atoms with Crippen LogP contribution < -0.4 is 15.6 Å². The fourth-order valence-corrected chi connectivity index (χ4v) is 4.57. The van der Waals surface area contributed by atoms with Crippen LogP contribution >= 0.6 is 11.6 Å². The Morgan fingerprint density at radius 1 is 1.10 bits per heavy atom. The number of aromatic nitrogens is 2. The molecule has 0 bridgehead atoms. The average molecular weight is 420 g/mol. The minimum atomic E-state index is -0.0931. The average Bonchev–Trinajstić information content (AvgIpc) is 3.05. The summed E-state index contributed by atoms with van der Waals surface area (Å²) >= 11 is 6.07. The highest BCUT2D eigenvalue weighted by Crippen LogP contribution is 2.32. The van der Waals surface area contributed by atoms with Gasteiger partial charge in [0, 0.05) is 60.5 Å². The van der Waals surface area contributed by atoms with Gasteiger partial charge in [0.25, 0.3) is 5.56 Å². The highest BCUT2D eigenvalue weighted by Gasteiger charge is 2.18. The first-order valence-corrected chi connectivity index (χ1v) is 10.3. The van der Waals surface area contributed by atoms with E-state index in [1.165, 1.54) is 16.6 Å². The van der Waals surface area contributed by atoms with Gasteiger partial charge < -0.3 is 14.6 Å². The monoisotopic (exact) mass is 419 g/mol. The number of benzene rings is 2. The zero-order chi connectivity index (χ0) is 20.8. The highest BCUT2D eigenvalue weighted by molar-refractivity contribution is 6.30. The molecule has 0 aliphatic carbocycles. The second-order valence-electron chi connectivity index (χ2n) is 7.58. The van der Waals surface area contributed by atoms with Crippen molar-refractivity contribution >= 4 is 22.5 Å². The lowest BCUT2D eigenvalue weighted by Gasteiger charge is -2.14. The van der Waals surface area contributed by atoms with E-state index < -0.39 is 0 Å². The van der Waals surface area contributed by atoms with Crippen molar-refractivity contribution in [2.24, 2.45) is 7.05 Å². The molecule has 152 valence electrons. The minimum Gasteiger partial charge on any atom is -0.496 e. The first-order chi connectivity index (χ1) is 14.6. The second kappa shape index (κ2) is 7.35. The molecule has 0 atom stereocenters. The normalized spacial score (nSPS) is 13.4. The van der Waals surface area contributed by atoms with Crippen molar-refractivity contribution < 1.29 is 4.74 Å². The maximum Gasteiger partial charge on any atom is 0.255 e. The highest BCUT2D eigenvalue weighted by atomic mass is 35.5. The van der Waals surface area contributed by atoms with Crippen molar-refractivity contribution in [1.82, 2.24) is 14.5 Å². The lowest BCUT2D eigenvalue weighted by molar-refractivity contribution is 0.416. The fraction of sp³-hybridized carbons (Fsp3) is 0.208. The van der Waals surface area contributed by atoms with Crippen molar-refractivity contribution in [2.75, 3.05) is 13.7 Å². The van der Waals surface area contributed by atoms with E-state index in [2.05, 4.69) is 29.1 Å². The number of hydrogen-bond donors (Lipinski definition) is 1. The topological polar surface area (TPSA) is 48.2 Å². The van der Waals surface area contributed by atoms with Crippen LogP contribution in [0.25, 0.3) is 27.7 Å². The van der Waals surface area contributed by atoms with E-state index in [-0.39, 0.29) is 5.56 Å². The van der Waals surface area contributed by atoms with Crippen LogP contribution in [-0.4, -0.2) is 22.8 Å². The number of hydrogen-bond acceptors (Lipinski definition) is 3. The first-order valence-electron chi connectivity index (χ1n) is 9.94. The summed E-state index contributed by atoms with van der Waals surface area (Å²) in [4.78, 5) is 13.0. The van der Waals surface area contributed by atoms with Gasteiger partial charge in [0.1, 0.15) is 5.75 Å². The lowest BCUT2D eigenvalue weighted by atomic mass is 10.1. The molecule has 5 rings (SSSR count). The SMILES string of the molecule is COc1cc(Cl)ccc1-c1ccn(-c2ccc3c4c(n(C)c3c2)CCNC4)c(=O)c1. The molecule has 0 spiro atoms. The standard InChI is InChI=1S/C24H22ClN3O2/c1-27-21-7-9-26-14-20(21)19-6-4-17(13-22(19)27)28-10-8-15(11-24(28)29)18-5-3-16(25)12-23(18)30-2/h3-6,8,10-13,26H,7,9,14H2,1-2H3. The molecule has 1 aliphatic heterocycles. The van der Waals surface area contributed by atoms with E-state index in [9.17, 15) is 4.79 Å². The molecule has 1 aliphatic rings. The summed E-state index contributed by atoms with van der Waals surface area (Å²) in [6.07, 6.45) is 2.84. The molecule has 1 N–H and O–H groups in total. The van der Waals surface area contributed by atoms with Crippen molar-refractivity contribution in [2.45, 2.75) is 13.0 Å². The summed E-state index contributed by atoms with van der Waals surface area (Å²) in [5.74, 6) is 0.643. The molecule has 2 aromatic heterocycles. The number of rotatable bonds is 3. The molecular weight excluding hydrogens is 398 g/mol. The predicted octanol–water partition coefficient (Wildman–Crippen LogP) is 4.30. The molecule has 5 nitrogen and oxygen atoms in total. The Morgan fingerprint density at radius 3 is 2.77 bits per heavy atom. The Labute approximate surface area is 179 Å². The summed E-state index contributed by atoms with van der Waals surface area (Å²) in [5.41, 5.74) is 6.28. The maximum atomic E-state index is 13.0. The molecule has 0 saturated heterocycles. The quantitative estimate of drug-likeness (QED) is 0.538. The Morgan fingerprint density at radius 2 is 1.97 bits per heavy atom. The lowest BCUT2D eigenvalue weighted by Crippen LogP contribution is -2.24. The number of ether oxygens (including phenoxy) is 1. The van der Waals surface area contributed by atoms with Crippen molar-refractivity contribution in [3.8, 4) is 22.6 Å². The van der Waals surface area contributed by atoms with Gasteiger partial charge in [-0.2, -0.15) is 0 Å². The summed E-state index contributed by atoms with van der Waals surface area (Å²) in [6.45, 7) is 1.89. The van der Waals surface area contributed by atoms with Crippen molar-refractivity contribution in [1.29, 1.82) is 0 Å². The number of pyridine rings is 1. The number of methoxy groups -OCH3 is 1. The van der Waals surface area contributed by atoms with Gasteiger partial charge in [-0.25, -0.2) is 0 Å². The third-order valence-corrected chi connectivity index (χ3v) is 6.17. The summed E-state index contributed by atoms with van der Waals surface area (Å²) in [7, 11) is 3.70. The zero-order valence-electron chi connectivity index (χ0n) is 16.9. The zero-order valence-corrected chi connectivity index (χ0v) is 17.7. The molecule has 0 radical (unpaired) electrons. The van der Waals surface area contributed by atoms with Crippen LogP contribution in [0.3, 0.4) is 0 Å². The van der Waals surface area contributed by atoms with Crippen LogP contribution in [-0.2, 0) is 20.0 Å². The molecule has 6 heteroatoms. The van der Waals surface area contributed by atoms with Gasteiger partial charge in [-0.05, 0) is 47.5 Å². The van der Waals surface area contributed by atoms with Gasteiger partial charge in [-0.15, -0.1) is 0 Å². The summed E-state index contributed by atoms with van der Waals surface area (Å²) < 4.78 is 9.37. The van der Waals surface area contributed by atoms with Gasteiger partial charge in [0.2, 0.25) is 0 Å². The van der Waals surface area contributed by atoms with Crippen LogP contribution in [0.4, 0.5) is 0 Å². The van der Waals surface area contributed by atoms with Crippen LogP contribution in [0.5, 0.6) is 5.75 Å². The second-order valence-corrected chi connectivity index (χ2v) is 8.02. The number of nitrogens with one attached hydrogen (secondary N) is 1. The molecule has 0 saturated carbocycles. The predicted molar refractivity (Wildman–Crippen MR) is 121 cm³/mol. The first kappa shape index (κ1) is 19.0. The van der Waals surface area contributed by atoms with Crippen LogP contribution in [0.15, 0.2) is 59.5 Å². The largest absolute Gasteiger partial charge is 0.496 e. The molecule has 30 heavy (non-hydrogen) atoms. The van der Waals surface area contributed by atoms with E-state index >= 15 is 0 Å². The third kappa shape index (κ3) is 3.02. The molecular formula is C24H22ClN3O2. The smallest absolute Gasteiger partial charge is 0.255 e. The van der Waals surface area contributed by atoms with E-state index in [1.54, 1.807) is 29.9 Å². The fourth-order valence-electron chi connectivity index (χ4n) is 4.41. The molecule has 4 aromatic rings. The van der Waals surface area contributed by atoms with Crippen molar-refractivity contribution in [3.05, 3.63) is 81.4 Å². The number of fused-ring (bicyclic) bond motifs is 3. The number of nitrogens with zero attached hydrogens (tertiary/aromatic N) is 2. The van der Waals surface area contributed by atoms with E-state index in [1.807, 2.05) is 24.4 Å². The minimum absolute atomic E-state index is 0.0931. The van der Waals surface area contributed by atoms with Crippen LogP contribution in [0, 0.1) is 0 Å². The third-order valence-electron chi connectivity index (χ3n) is 5.93. The maximum absolute atomic E-state index is 13.0. The van der Waals surface area contributed by atoms with Crippen LogP contribution in [0.2, 0.25) is 5.02 Å². The molecule has 0 amide bonds. The van der Waals surface area contributed by atoms with Gasteiger partial charge in [-0.1, -0.05) is 17.7 Å². The molecule has 2 aromatic carbocycles. The van der Waals surface area contributed by atoms with Gasteiger partial charge >= 0.3 is 0 Å². The molecule has 3 heterocycles. The Hall–Kier alpha value is -3.02. The Balaban J connectivity index is 1.59. The van der Waals surface area contributed by atoms with Gasteiger partial charge in [0.15, 0.2) is 0 Å². The van der Waals surface area contributed by atoms with Crippen LogP contribution in [0.1, 0.15) is 11.3 Å². The van der Waals surface area contributed by atoms with E-state index in [4.69, 9.17) is 16.3 Å². The van der Waals surface area contributed by atoms with E-state index in [0.717, 1.165) is 41.8 Å². The summed E-state index contributed by atoms with van der Waals surface area (Å²) in [5, 5.41) is 5.29. The van der Waals surface area contributed by atoms with E-state index in [0.29, 0.717) is 10.8 Å².